The lowest BCUT2D eigenvalue weighted by Crippen LogP contribution is -2.26. The third kappa shape index (κ3) is 4.61. The first-order chi connectivity index (χ1) is 9.15. The normalized spacial score (nSPS) is 12.2. The molecule has 8 heteroatoms. The van der Waals surface area contributed by atoms with E-state index in [4.69, 9.17) is 16.3 Å². The lowest BCUT2D eigenvalue weighted by molar-refractivity contribution is 0.115. The number of nitrogens with zero attached hydrogens (tertiary/aromatic N) is 2. The molecule has 0 aliphatic carbocycles. The van der Waals surface area contributed by atoms with Crippen LogP contribution in [0.1, 0.15) is 0 Å². The predicted octanol–water partition coefficient (Wildman–Crippen LogP) is 2.81. The van der Waals surface area contributed by atoms with Crippen molar-refractivity contribution in [3.63, 3.8) is 0 Å². The van der Waals surface area contributed by atoms with Gasteiger partial charge in [0.1, 0.15) is 18.9 Å². The van der Waals surface area contributed by atoms with Crippen molar-refractivity contribution in [2.75, 3.05) is 18.5 Å². The van der Waals surface area contributed by atoms with E-state index in [0.717, 1.165) is 21.9 Å². The van der Waals surface area contributed by atoms with Crippen LogP contribution in [0.4, 0.5) is 5.69 Å². The van der Waals surface area contributed by atoms with Gasteiger partial charge in [-0.1, -0.05) is 11.6 Å². The summed E-state index contributed by atoms with van der Waals surface area (Å²) in [5, 5.41) is 13.5. The molecule has 0 fully saturated rings. The monoisotopic (exact) mass is 363 g/mol. The quantitative estimate of drug-likeness (QED) is 0.825. The van der Waals surface area contributed by atoms with Gasteiger partial charge in [0.2, 0.25) is 5.88 Å². The van der Waals surface area contributed by atoms with Gasteiger partial charge in [-0.2, -0.15) is 4.37 Å². The van der Waals surface area contributed by atoms with E-state index in [-0.39, 0.29) is 6.61 Å². The summed E-state index contributed by atoms with van der Waals surface area (Å²) in [5.74, 6) is 0.429. The van der Waals surface area contributed by atoms with Gasteiger partial charge in [-0.05, 0) is 34.1 Å². The Morgan fingerprint density at radius 2 is 2.37 bits per heavy atom. The molecule has 0 saturated carbocycles. The van der Waals surface area contributed by atoms with E-state index >= 15 is 0 Å². The van der Waals surface area contributed by atoms with Crippen LogP contribution in [0.2, 0.25) is 5.02 Å². The fourth-order valence-corrected chi connectivity index (χ4v) is 2.16. The lowest BCUT2D eigenvalue weighted by Gasteiger charge is -2.13. The molecule has 0 amide bonds. The van der Waals surface area contributed by atoms with Crippen molar-refractivity contribution in [2.24, 2.45) is 0 Å². The number of hydrogen-bond donors (Lipinski definition) is 2. The second-order valence-corrected chi connectivity index (χ2v) is 5.54. The van der Waals surface area contributed by atoms with Gasteiger partial charge in [-0.15, -0.1) is 4.37 Å². The van der Waals surface area contributed by atoms with Gasteiger partial charge in [-0.3, -0.25) is 0 Å². The van der Waals surface area contributed by atoms with Crippen molar-refractivity contribution in [3.8, 4) is 5.88 Å². The first-order valence-electron chi connectivity index (χ1n) is 5.42. The maximum absolute atomic E-state index is 9.76. The van der Waals surface area contributed by atoms with E-state index in [2.05, 4.69) is 30.0 Å². The molecule has 0 spiro atoms. The zero-order valence-corrected chi connectivity index (χ0v) is 12.9. The van der Waals surface area contributed by atoms with Gasteiger partial charge in [0.15, 0.2) is 0 Å². The number of ether oxygens (including phenoxy) is 1. The van der Waals surface area contributed by atoms with E-state index in [1.165, 1.54) is 6.20 Å². The largest absolute Gasteiger partial charge is 0.473 e. The number of benzene rings is 1. The Balaban J connectivity index is 1.76. The van der Waals surface area contributed by atoms with Crippen LogP contribution in [-0.4, -0.2) is 33.1 Å². The van der Waals surface area contributed by atoms with Gasteiger partial charge in [0.05, 0.1) is 16.8 Å². The van der Waals surface area contributed by atoms with Crippen molar-refractivity contribution in [2.45, 2.75) is 6.10 Å². The Kier molecular flexibility index (Phi) is 5.38. The smallest absolute Gasteiger partial charge is 0.245 e. The number of rotatable bonds is 6. The molecule has 19 heavy (non-hydrogen) atoms. The summed E-state index contributed by atoms with van der Waals surface area (Å²) in [4.78, 5) is 0. The Morgan fingerprint density at radius 3 is 3.05 bits per heavy atom. The van der Waals surface area contributed by atoms with Crippen molar-refractivity contribution in [3.05, 3.63) is 33.9 Å². The number of aliphatic hydroxyl groups excluding tert-OH is 1. The van der Waals surface area contributed by atoms with Crippen LogP contribution in [0, 0.1) is 0 Å². The van der Waals surface area contributed by atoms with E-state index < -0.39 is 6.10 Å². The Labute approximate surface area is 128 Å². The average Bonchev–Trinajstić information content (AvgIpc) is 2.91. The Hall–Kier alpha value is -0.890. The van der Waals surface area contributed by atoms with Crippen molar-refractivity contribution < 1.29 is 9.84 Å². The van der Waals surface area contributed by atoms with Crippen LogP contribution >= 0.6 is 39.3 Å². The molecule has 1 aromatic heterocycles. The van der Waals surface area contributed by atoms with Gasteiger partial charge < -0.3 is 15.2 Å². The van der Waals surface area contributed by atoms with Gasteiger partial charge in [0.25, 0.3) is 0 Å². The summed E-state index contributed by atoms with van der Waals surface area (Å²) in [6, 6.07) is 5.46. The molecule has 1 unspecified atom stereocenters. The number of hydrogen-bond acceptors (Lipinski definition) is 6. The zero-order chi connectivity index (χ0) is 13.7. The molecule has 1 aromatic carbocycles. The molecule has 0 saturated heterocycles. The highest BCUT2D eigenvalue weighted by atomic mass is 79.9. The highest BCUT2D eigenvalue weighted by molar-refractivity contribution is 9.10. The molecule has 5 nitrogen and oxygen atoms in total. The molecule has 2 N–H and O–H groups in total. The molecular formula is C11H11BrClN3O2S. The third-order valence-corrected chi connectivity index (χ3v) is 3.90. The second-order valence-electron chi connectivity index (χ2n) is 3.72. The standard InChI is InChI=1S/C11H11BrClN3O2S/c12-9-3-7(1-2-10(9)13)14-4-8(17)6-18-11-5-15-19-16-11/h1-3,5,8,14,17H,4,6H2. The first-order valence-corrected chi connectivity index (χ1v) is 7.32. The van der Waals surface area contributed by atoms with Gasteiger partial charge >= 0.3 is 0 Å². The minimum absolute atomic E-state index is 0.160. The second kappa shape index (κ2) is 7.04. The highest BCUT2D eigenvalue weighted by Crippen LogP contribution is 2.25. The number of aromatic nitrogens is 2. The minimum Gasteiger partial charge on any atom is -0.473 e. The van der Waals surface area contributed by atoms with Crippen molar-refractivity contribution in [1.29, 1.82) is 0 Å². The summed E-state index contributed by atoms with van der Waals surface area (Å²) in [6.45, 7) is 0.527. The third-order valence-electron chi connectivity index (χ3n) is 2.23. The van der Waals surface area contributed by atoms with Crippen LogP contribution in [0.25, 0.3) is 0 Å². The molecule has 1 heterocycles. The molecule has 0 bridgehead atoms. The van der Waals surface area contributed by atoms with Crippen LogP contribution in [0.3, 0.4) is 0 Å². The van der Waals surface area contributed by atoms with Crippen molar-refractivity contribution in [1.82, 2.24) is 8.75 Å². The maximum Gasteiger partial charge on any atom is 0.245 e. The Morgan fingerprint density at radius 1 is 1.53 bits per heavy atom. The zero-order valence-electron chi connectivity index (χ0n) is 9.72. The summed E-state index contributed by atoms with van der Waals surface area (Å²) in [7, 11) is 0. The minimum atomic E-state index is -0.642. The van der Waals surface area contributed by atoms with E-state index in [0.29, 0.717) is 17.4 Å². The Bertz CT molecular complexity index is 527. The number of aliphatic hydroxyl groups is 1. The van der Waals surface area contributed by atoms with Crippen LogP contribution in [-0.2, 0) is 0 Å². The summed E-state index contributed by atoms with van der Waals surface area (Å²) in [5.41, 5.74) is 0.866. The number of anilines is 1. The summed E-state index contributed by atoms with van der Waals surface area (Å²) in [6.07, 6.45) is 0.873. The van der Waals surface area contributed by atoms with Crippen LogP contribution in [0.5, 0.6) is 5.88 Å². The topological polar surface area (TPSA) is 67.3 Å². The van der Waals surface area contributed by atoms with E-state index in [9.17, 15) is 5.11 Å². The molecule has 2 aromatic rings. The van der Waals surface area contributed by atoms with E-state index in [1.54, 1.807) is 6.07 Å². The van der Waals surface area contributed by atoms with Crippen LogP contribution < -0.4 is 10.1 Å². The first kappa shape index (κ1) is 14.5. The number of nitrogens with one attached hydrogen (secondary N) is 1. The maximum atomic E-state index is 9.76. The predicted molar refractivity (Wildman–Crippen MR) is 79.1 cm³/mol. The van der Waals surface area contributed by atoms with Crippen LogP contribution in [0.15, 0.2) is 28.9 Å². The van der Waals surface area contributed by atoms with Gasteiger partial charge in [0, 0.05) is 16.7 Å². The molecule has 0 radical (unpaired) electrons. The SMILES string of the molecule is OC(CNc1ccc(Cl)c(Br)c1)COc1cnsn1. The summed E-state index contributed by atoms with van der Waals surface area (Å²) < 4.78 is 13.7. The molecule has 0 aliphatic heterocycles. The average molecular weight is 365 g/mol. The fourth-order valence-electron chi connectivity index (χ4n) is 1.30. The molecule has 0 aliphatic rings. The molecule has 102 valence electrons. The summed E-state index contributed by atoms with van der Waals surface area (Å²) >= 11 is 10.3. The molecular weight excluding hydrogens is 354 g/mol. The number of halogens is 2. The van der Waals surface area contributed by atoms with E-state index in [1.807, 2.05) is 12.1 Å². The highest BCUT2D eigenvalue weighted by Gasteiger charge is 2.07. The molecule has 1 atom stereocenters. The fraction of sp³-hybridized carbons (Fsp3) is 0.273. The van der Waals surface area contributed by atoms with Gasteiger partial charge in [-0.25, -0.2) is 0 Å². The molecule has 2 rings (SSSR count). The van der Waals surface area contributed by atoms with Crippen molar-refractivity contribution >= 4 is 44.9 Å². The lowest BCUT2D eigenvalue weighted by atomic mass is 10.3.